The van der Waals surface area contributed by atoms with Gasteiger partial charge in [0, 0.05) is 40.7 Å². The monoisotopic (exact) mass is 514 g/mol. The maximum Gasteiger partial charge on any atom is 0.255 e. The normalized spacial score (nSPS) is 13.3. The second-order valence-corrected chi connectivity index (χ2v) is 9.15. The summed E-state index contributed by atoms with van der Waals surface area (Å²) >= 11 is 3.43. The second kappa shape index (κ2) is 8.11. The lowest BCUT2D eigenvalue weighted by molar-refractivity contribution is 0.0735. The lowest BCUT2D eigenvalue weighted by Gasteiger charge is -2.29. The van der Waals surface area contributed by atoms with Crippen molar-refractivity contribution in [2.45, 2.75) is 13.0 Å². The van der Waals surface area contributed by atoms with E-state index in [1.165, 1.54) is 0 Å². The molecule has 0 bridgehead atoms. The number of aromatic amines is 2. The number of amides is 2. The van der Waals surface area contributed by atoms with E-state index in [2.05, 4.69) is 41.6 Å². The van der Waals surface area contributed by atoms with Crippen LogP contribution in [0.2, 0.25) is 0 Å². The van der Waals surface area contributed by atoms with Crippen molar-refractivity contribution in [1.82, 2.24) is 25.3 Å². The Morgan fingerprint density at radius 2 is 1.85 bits per heavy atom. The van der Waals surface area contributed by atoms with Crippen LogP contribution in [0.3, 0.4) is 0 Å². The first-order valence-corrected chi connectivity index (χ1v) is 11.6. The average Bonchev–Trinajstić information content (AvgIpc) is 3.49. The fourth-order valence-electron chi connectivity index (χ4n) is 4.39. The quantitative estimate of drug-likeness (QED) is 0.325. The number of benzene rings is 3. The molecule has 0 aliphatic carbocycles. The lowest BCUT2D eigenvalue weighted by Crippen LogP contribution is -2.36. The third kappa shape index (κ3) is 3.63. The zero-order valence-electron chi connectivity index (χ0n) is 17.9. The third-order valence-electron chi connectivity index (χ3n) is 6.22. The molecule has 6 rings (SSSR count). The largest absolute Gasteiger partial charge is 0.334 e. The van der Waals surface area contributed by atoms with Crippen LogP contribution in [0, 0.1) is 0 Å². The van der Waals surface area contributed by atoms with Gasteiger partial charge >= 0.3 is 0 Å². The number of hydrogen-bond donors (Lipinski definition) is 3. The highest BCUT2D eigenvalue weighted by molar-refractivity contribution is 9.10. The number of carbonyl (C=O) groups is 2. The van der Waals surface area contributed by atoms with Gasteiger partial charge < -0.3 is 10.2 Å². The van der Waals surface area contributed by atoms with E-state index in [0.717, 1.165) is 44.0 Å². The zero-order chi connectivity index (χ0) is 23.2. The van der Waals surface area contributed by atoms with E-state index in [0.29, 0.717) is 29.9 Å². The van der Waals surface area contributed by atoms with Gasteiger partial charge in [0.25, 0.3) is 11.8 Å². The molecule has 9 heteroatoms. The Morgan fingerprint density at radius 3 is 2.76 bits per heavy atom. The molecule has 0 atom stereocenters. The predicted octanol–water partition coefficient (Wildman–Crippen LogP) is 4.65. The standard InChI is InChI=1S/C25H19BrN6O2/c26-23-20-11-19(4-6-22(20)30-31-23)28-24(33)15-2-1-14-7-8-32(13-18(14)9-15)25(34)16-3-5-21-17(10-16)12-27-29-21/h1-6,9-12H,7-8,13H2,(H,27,29)(H,28,33)(H,30,31). The zero-order valence-corrected chi connectivity index (χ0v) is 19.5. The van der Waals surface area contributed by atoms with Crippen LogP contribution in [0.15, 0.2) is 65.4 Å². The first kappa shape index (κ1) is 20.6. The molecule has 168 valence electrons. The molecule has 34 heavy (non-hydrogen) atoms. The highest BCUT2D eigenvalue weighted by Gasteiger charge is 2.23. The van der Waals surface area contributed by atoms with Gasteiger partial charge in [-0.3, -0.25) is 19.8 Å². The maximum absolute atomic E-state index is 13.2. The summed E-state index contributed by atoms with van der Waals surface area (Å²) in [6, 6.07) is 16.8. The Hall–Kier alpha value is -3.98. The summed E-state index contributed by atoms with van der Waals surface area (Å²) in [7, 11) is 0. The molecule has 0 radical (unpaired) electrons. The van der Waals surface area contributed by atoms with Crippen LogP contribution in [0.5, 0.6) is 0 Å². The topological polar surface area (TPSA) is 107 Å². The van der Waals surface area contributed by atoms with Crippen LogP contribution in [-0.4, -0.2) is 43.7 Å². The van der Waals surface area contributed by atoms with Crippen LogP contribution in [0.25, 0.3) is 21.8 Å². The molecule has 5 aromatic rings. The van der Waals surface area contributed by atoms with Crippen molar-refractivity contribution < 1.29 is 9.59 Å². The third-order valence-corrected chi connectivity index (χ3v) is 6.82. The van der Waals surface area contributed by atoms with E-state index in [4.69, 9.17) is 0 Å². The number of anilines is 1. The van der Waals surface area contributed by atoms with Gasteiger partial charge in [-0.15, -0.1) is 0 Å². The first-order valence-electron chi connectivity index (χ1n) is 10.8. The van der Waals surface area contributed by atoms with Crippen molar-refractivity contribution in [2.24, 2.45) is 0 Å². The number of hydrogen-bond acceptors (Lipinski definition) is 4. The van der Waals surface area contributed by atoms with Gasteiger partial charge in [0.1, 0.15) is 4.60 Å². The van der Waals surface area contributed by atoms with Gasteiger partial charge in [-0.2, -0.15) is 10.2 Å². The van der Waals surface area contributed by atoms with Crippen LogP contribution in [-0.2, 0) is 13.0 Å². The summed E-state index contributed by atoms with van der Waals surface area (Å²) in [6.45, 7) is 1.10. The van der Waals surface area contributed by atoms with Crippen molar-refractivity contribution in [2.75, 3.05) is 11.9 Å². The summed E-state index contributed by atoms with van der Waals surface area (Å²) in [4.78, 5) is 27.9. The molecule has 2 amide bonds. The Kier molecular flexibility index (Phi) is 4.91. The van der Waals surface area contributed by atoms with Crippen molar-refractivity contribution >= 4 is 55.2 Å². The molecule has 2 aromatic heterocycles. The molecular formula is C25H19BrN6O2. The molecule has 0 saturated carbocycles. The number of carbonyl (C=O) groups excluding carboxylic acids is 2. The number of aromatic nitrogens is 4. The molecule has 3 aromatic carbocycles. The molecule has 0 fully saturated rings. The fourth-order valence-corrected chi connectivity index (χ4v) is 4.80. The number of nitrogens with zero attached hydrogens (tertiary/aromatic N) is 3. The van der Waals surface area contributed by atoms with Gasteiger partial charge in [0.2, 0.25) is 0 Å². The van der Waals surface area contributed by atoms with Crippen LogP contribution in [0.4, 0.5) is 5.69 Å². The summed E-state index contributed by atoms with van der Waals surface area (Å²) < 4.78 is 0.768. The molecular weight excluding hydrogens is 496 g/mol. The number of H-pyrrole nitrogens is 2. The molecule has 1 aliphatic rings. The Morgan fingerprint density at radius 1 is 0.971 bits per heavy atom. The van der Waals surface area contributed by atoms with Gasteiger partial charge in [0.15, 0.2) is 0 Å². The average molecular weight is 515 g/mol. The maximum atomic E-state index is 13.2. The summed E-state index contributed by atoms with van der Waals surface area (Å²) in [5.74, 6) is -0.224. The highest BCUT2D eigenvalue weighted by Crippen LogP contribution is 2.26. The fraction of sp³-hybridized carbons (Fsp3) is 0.120. The van der Waals surface area contributed by atoms with Crippen molar-refractivity contribution in [1.29, 1.82) is 0 Å². The molecule has 3 N–H and O–H groups in total. The molecule has 1 aliphatic heterocycles. The summed E-state index contributed by atoms with van der Waals surface area (Å²) in [5, 5.41) is 18.7. The molecule has 0 spiro atoms. The second-order valence-electron chi connectivity index (χ2n) is 8.36. The van der Waals surface area contributed by atoms with E-state index in [-0.39, 0.29) is 11.8 Å². The molecule has 0 saturated heterocycles. The minimum absolute atomic E-state index is 0.0254. The van der Waals surface area contributed by atoms with Gasteiger partial charge in [-0.05, 0) is 82.0 Å². The minimum atomic E-state index is -0.198. The predicted molar refractivity (Wildman–Crippen MR) is 133 cm³/mol. The SMILES string of the molecule is O=C(Nc1ccc2n[nH]c(Br)c2c1)c1ccc2c(c1)CN(C(=O)c1ccc3[nH]ncc3c1)CC2. The van der Waals surface area contributed by atoms with Gasteiger partial charge in [0.05, 0.1) is 17.2 Å². The molecule has 0 unspecified atom stereocenters. The first-order chi connectivity index (χ1) is 16.5. The van der Waals surface area contributed by atoms with E-state index >= 15 is 0 Å². The highest BCUT2D eigenvalue weighted by atomic mass is 79.9. The van der Waals surface area contributed by atoms with E-state index in [1.807, 2.05) is 59.5 Å². The van der Waals surface area contributed by atoms with E-state index < -0.39 is 0 Å². The van der Waals surface area contributed by atoms with E-state index in [9.17, 15) is 9.59 Å². The van der Waals surface area contributed by atoms with Crippen LogP contribution >= 0.6 is 15.9 Å². The molecule has 8 nitrogen and oxygen atoms in total. The Labute approximate surface area is 202 Å². The Bertz CT molecular complexity index is 1590. The van der Waals surface area contributed by atoms with Crippen LogP contribution in [0.1, 0.15) is 31.8 Å². The lowest BCUT2D eigenvalue weighted by atomic mass is 9.96. The van der Waals surface area contributed by atoms with Crippen molar-refractivity contribution in [3.8, 4) is 0 Å². The minimum Gasteiger partial charge on any atom is -0.334 e. The number of nitrogens with one attached hydrogen (secondary N) is 3. The Balaban J connectivity index is 1.21. The van der Waals surface area contributed by atoms with Crippen molar-refractivity contribution in [3.63, 3.8) is 0 Å². The van der Waals surface area contributed by atoms with Crippen LogP contribution < -0.4 is 5.32 Å². The number of halogens is 1. The number of fused-ring (bicyclic) bond motifs is 3. The van der Waals surface area contributed by atoms with E-state index in [1.54, 1.807) is 6.20 Å². The molecule has 3 heterocycles. The summed E-state index contributed by atoms with van der Waals surface area (Å²) in [5.41, 5.74) is 5.74. The van der Waals surface area contributed by atoms with Gasteiger partial charge in [-0.1, -0.05) is 6.07 Å². The summed E-state index contributed by atoms with van der Waals surface area (Å²) in [6.07, 6.45) is 2.47. The number of rotatable bonds is 3. The van der Waals surface area contributed by atoms with Gasteiger partial charge in [-0.25, -0.2) is 0 Å². The van der Waals surface area contributed by atoms with Crippen molar-refractivity contribution in [3.05, 3.63) is 87.7 Å². The smallest absolute Gasteiger partial charge is 0.255 e.